The molecule has 0 aliphatic rings. The molecule has 3 aromatic rings. The van der Waals surface area contributed by atoms with Crippen LogP contribution < -0.4 is 20.2 Å². The van der Waals surface area contributed by atoms with Crippen LogP contribution in [0.1, 0.15) is 16.7 Å². The Bertz CT molecular complexity index is 1150. The average molecular weight is 532 g/mol. The number of hydrogen-bond donors (Lipinski definition) is 2. The molecule has 31 heavy (non-hydrogen) atoms. The summed E-state index contributed by atoms with van der Waals surface area (Å²) in [6.45, 7) is 0.237. The molecule has 0 aliphatic heterocycles. The van der Waals surface area contributed by atoms with Gasteiger partial charge in [-0.05, 0) is 46.4 Å². The van der Waals surface area contributed by atoms with Crippen LogP contribution in [0.25, 0.3) is 0 Å². The van der Waals surface area contributed by atoms with E-state index >= 15 is 0 Å². The van der Waals surface area contributed by atoms with Gasteiger partial charge in [-0.1, -0.05) is 18.2 Å². The van der Waals surface area contributed by atoms with Crippen LogP contribution in [-0.4, -0.2) is 30.3 Å². The van der Waals surface area contributed by atoms with E-state index in [1.54, 1.807) is 32.5 Å². The lowest BCUT2D eigenvalue weighted by Gasteiger charge is -2.14. The number of nitrogens with zero attached hydrogens (tertiary/aromatic N) is 4. The summed E-state index contributed by atoms with van der Waals surface area (Å²) in [5.74, 6) is 0.771. The molecule has 0 saturated carbocycles. The highest BCUT2D eigenvalue weighted by Crippen LogP contribution is 2.34. The van der Waals surface area contributed by atoms with Gasteiger partial charge in [-0.3, -0.25) is 0 Å². The maximum atomic E-state index is 13.4. The van der Waals surface area contributed by atoms with E-state index in [0.717, 1.165) is 20.9 Å². The fraction of sp³-hybridized carbons (Fsp3) is 0.143. The molecule has 0 saturated heterocycles. The minimum Gasteiger partial charge on any atom is -0.493 e. The van der Waals surface area contributed by atoms with Crippen molar-refractivity contribution in [2.45, 2.75) is 6.61 Å². The zero-order valence-corrected chi connectivity index (χ0v) is 18.8. The van der Waals surface area contributed by atoms with Crippen molar-refractivity contribution in [1.82, 2.24) is 9.97 Å². The Morgan fingerprint density at radius 3 is 2.87 bits per heavy atom. The highest BCUT2D eigenvalue weighted by molar-refractivity contribution is 14.1. The van der Waals surface area contributed by atoms with Gasteiger partial charge in [0.25, 0.3) is 0 Å². The normalized spacial score (nSPS) is 10.5. The highest BCUT2D eigenvalue weighted by Gasteiger charge is 2.12. The third kappa shape index (κ3) is 5.58. The van der Waals surface area contributed by atoms with E-state index in [4.69, 9.17) is 9.47 Å². The maximum absolute atomic E-state index is 13.4. The van der Waals surface area contributed by atoms with Gasteiger partial charge in [-0.15, -0.1) is 0 Å². The largest absolute Gasteiger partial charge is 0.493 e. The molecule has 1 aromatic heterocycles. The number of aromatic nitrogens is 2. The number of halogens is 2. The predicted octanol–water partition coefficient (Wildman–Crippen LogP) is 4.17. The van der Waals surface area contributed by atoms with Gasteiger partial charge in [0.05, 0.1) is 34.7 Å². The van der Waals surface area contributed by atoms with Crippen molar-refractivity contribution in [3.8, 4) is 17.6 Å². The molecule has 10 heteroatoms. The number of hydrazone groups is 1. The van der Waals surface area contributed by atoms with E-state index in [-0.39, 0.29) is 18.4 Å². The van der Waals surface area contributed by atoms with Crippen molar-refractivity contribution in [2.75, 3.05) is 24.9 Å². The highest BCUT2D eigenvalue weighted by atomic mass is 127. The summed E-state index contributed by atoms with van der Waals surface area (Å²) in [7, 11) is 3.11. The molecule has 2 N–H and O–H groups in total. The summed E-state index contributed by atoms with van der Waals surface area (Å²) in [5, 5.41) is 16.0. The monoisotopic (exact) mass is 532 g/mol. The number of rotatable bonds is 8. The van der Waals surface area contributed by atoms with Crippen molar-refractivity contribution in [2.24, 2.45) is 5.10 Å². The first kappa shape index (κ1) is 22.2. The lowest BCUT2D eigenvalue weighted by molar-refractivity contribution is 0.282. The lowest BCUT2D eigenvalue weighted by Crippen LogP contribution is -2.03. The van der Waals surface area contributed by atoms with E-state index in [2.05, 4.69) is 54.5 Å². The molecule has 0 radical (unpaired) electrons. The quantitative estimate of drug-likeness (QED) is 0.255. The van der Waals surface area contributed by atoms with Crippen molar-refractivity contribution < 1.29 is 13.9 Å². The first-order valence-corrected chi connectivity index (χ1v) is 10.1. The number of anilines is 2. The van der Waals surface area contributed by atoms with Gasteiger partial charge >= 0.3 is 0 Å². The van der Waals surface area contributed by atoms with E-state index in [1.807, 2.05) is 24.3 Å². The Balaban J connectivity index is 1.74. The summed E-state index contributed by atoms with van der Waals surface area (Å²) < 4.78 is 25.7. The van der Waals surface area contributed by atoms with Crippen molar-refractivity contribution >= 4 is 40.6 Å². The first-order valence-electron chi connectivity index (χ1n) is 9.03. The Hall–Kier alpha value is -3.46. The molecule has 0 amide bonds. The number of nitrogens with one attached hydrogen (secondary N) is 2. The molecule has 0 fully saturated rings. The van der Waals surface area contributed by atoms with E-state index in [0.29, 0.717) is 17.1 Å². The summed E-state index contributed by atoms with van der Waals surface area (Å²) >= 11 is 2.15. The zero-order valence-electron chi connectivity index (χ0n) is 16.7. The van der Waals surface area contributed by atoms with Crippen molar-refractivity contribution in [1.29, 1.82) is 5.26 Å². The molecule has 1 heterocycles. The molecule has 158 valence electrons. The summed E-state index contributed by atoms with van der Waals surface area (Å²) in [5.41, 5.74) is 4.76. The average Bonchev–Trinajstić information content (AvgIpc) is 2.79. The number of methoxy groups -OCH3 is 1. The molecule has 0 bridgehead atoms. The minimum absolute atomic E-state index is 0.0726. The van der Waals surface area contributed by atoms with Crippen molar-refractivity contribution in [3.63, 3.8) is 0 Å². The lowest BCUT2D eigenvalue weighted by atomic mass is 10.1. The third-order valence-corrected chi connectivity index (χ3v) is 4.92. The van der Waals surface area contributed by atoms with E-state index in [9.17, 15) is 9.65 Å². The number of hydrogen-bond acceptors (Lipinski definition) is 8. The Labute approximate surface area is 192 Å². The molecule has 8 nitrogen and oxygen atoms in total. The van der Waals surface area contributed by atoms with Gasteiger partial charge in [0, 0.05) is 12.6 Å². The van der Waals surface area contributed by atoms with Crippen LogP contribution in [0.15, 0.2) is 47.7 Å². The second-order valence-corrected chi connectivity index (χ2v) is 7.26. The van der Waals surface area contributed by atoms with Crippen LogP contribution in [0.5, 0.6) is 11.5 Å². The molecule has 0 spiro atoms. The number of nitriles is 1. The molecule has 0 aliphatic carbocycles. The maximum Gasteiger partial charge on any atom is 0.245 e. The second-order valence-electron chi connectivity index (χ2n) is 6.10. The van der Waals surface area contributed by atoms with Gasteiger partial charge < -0.3 is 14.8 Å². The molecular formula is C21H18FIN6O2. The standard InChI is InChI=1S/C21H18FIN6O2/c1-25-20-16(22)11-26-21(28-20)29-27-10-13-7-17(23)19(18(8-13)30-2)31-12-15-6-4-3-5-14(15)9-24/h3-8,10-11H,12H2,1-2H3,(H2,25,26,28,29). The smallest absolute Gasteiger partial charge is 0.245 e. The van der Waals surface area contributed by atoms with Crippen LogP contribution in [0, 0.1) is 20.7 Å². The minimum atomic E-state index is -0.552. The van der Waals surface area contributed by atoms with Gasteiger partial charge in [-0.25, -0.2) is 14.8 Å². The Morgan fingerprint density at radius 2 is 2.13 bits per heavy atom. The topological polar surface area (TPSA) is 104 Å². The van der Waals surface area contributed by atoms with Crippen molar-refractivity contribution in [3.05, 3.63) is 68.7 Å². The first-order chi connectivity index (χ1) is 15.0. The molecule has 2 aromatic carbocycles. The summed E-state index contributed by atoms with van der Waals surface area (Å²) in [6.07, 6.45) is 2.62. The van der Waals surface area contributed by atoms with Crippen LogP contribution >= 0.6 is 22.6 Å². The van der Waals surface area contributed by atoms with Crippen LogP contribution in [0.4, 0.5) is 16.2 Å². The van der Waals surface area contributed by atoms with Crippen LogP contribution in [0.2, 0.25) is 0 Å². The summed E-state index contributed by atoms with van der Waals surface area (Å²) in [4.78, 5) is 7.79. The second kappa shape index (κ2) is 10.5. The van der Waals surface area contributed by atoms with Gasteiger partial charge in [0.1, 0.15) is 6.61 Å². The molecular weight excluding hydrogens is 514 g/mol. The van der Waals surface area contributed by atoms with Crippen LogP contribution in [0.3, 0.4) is 0 Å². The van der Waals surface area contributed by atoms with Gasteiger partial charge in [0.2, 0.25) is 5.95 Å². The van der Waals surface area contributed by atoms with Gasteiger partial charge in [0.15, 0.2) is 23.1 Å². The Kier molecular flexibility index (Phi) is 7.55. The molecule has 0 atom stereocenters. The Morgan fingerprint density at radius 1 is 1.32 bits per heavy atom. The molecule has 3 rings (SSSR count). The predicted molar refractivity (Wildman–Crippen MR) is 124 cm³/mol. The fourth-order valence-corrected chi connectivity index (χ4v) is 3.40. The number of ether oxygens (including phenoxy) is 2. The van der Waals surface area contributed by atoms with E-state index in [1.165, 1.54) is 0 Å². The third-order valence-electron chi connectivity index (χ3n) is 4.12. The van der Waals surface area contributed by atoms with E-state index < -0.39 is 5.82 Å². The SMILES string of the molecule is CNc1nc(NN=Cc2cc(I)c(OCc3ccccc3C#N)c(OC)c2)ncc1F. The number of benzene rings is 2. The zero-order chi connectivity index (χ0) is 22.2. The summed E-state index contributed by atoms with van der Waals surface area (Å²) in [6, 6.07) is 13.1. The fourth-order valence-electron chi connectivity index (χ4n) is 2.62. The molecule has 0 unspecified atom stereocenters. The van der Waals surface area contributed by atoms with Crippen LogP contribution in [-0.2, 0) is 6.61 Å². The van der Waals surface area contributed by atoms with Gasteiger partial charge in [-0.2, -0.15) is 15.3 Å².